The van der Waals surface area contributed by atoms with Crippen LogP contribution in [0.1, 0.15) is 29.4 Å². The average Bonchev–Trinajstić information content (AvgIpc) is 2.40. The maximum absolute atomic E-state index is 12.4. The number of pyridine rings is 1. The fraction of sp³-hybridized carbons (Fsp3) is 0.538. The van der Waals surface area contributed by atoms with Crippen molar-refractivity contribution in [1.29, 1.82) is 0 Å². The first-order valence-electron chi connectivity index (χ1n) is 6.25. The Balaban J connectivity index is 2.10. The quantitative estimate of drug-likeness (QED) is 0.747. The van der Waals surface area contributed by atoms with Crippen molar-refractivity contribution in [1.82, 2.24) is 9.88 Å². The van der Waals surface area contributed by atoms with E-state index in [9.17, 15) is 18.0 Å². The fourth-order valence-corrected chi connectivity index (χ4v) is 2.33. The lowest BCUT2D eigenvalue weighted by atomic mass is 9.99. The normalized spacial score (nSPS) is 23.8. The number of aromatic nitrogens is 1. The van der Waals surface area contributed by atoms with Crippen molar-refractivity contribution in [2.45, 2.75) is 24.9 Å². The first-order chi connectivity index (χ1) is 9.29. The molecule has 2 heterocycles. The third kappa shape index (κ3) is 3.23. The van der Waals surface area contributed by atoms with Gasteiger partial charge in [0.15, 0.2) is 0 Å². The lowest BCUT2D eigenvalue weighted by Crippen LogP contribution is -2.43. The van der Waals surface area contributed by atoms with Crippen LogP contribution in [0.5, 0.6) is 0 Å². The van der Waals surface area contributed by atoms with Gasteiger partial charge in [-0.3, -0.25) is 9.78 Å². The van der Waals surface area contributed by atoms with Gasteiger partial charge in [0, 0.05) is 24.7 Å². The third-order valence-electron chi connectivity index (χ3n) is 3.40. The summed E-state index contributed by atoms with van der Waals surface area (Å²) in [7, 11) is 0. The number of carbonyl (C=O) groups is 1. The molecule has 0 spiro atoms. The molecule has 0 aliphatic carbocycles. The number of hydrogen-bond donors (Lipinski definition) is 0. The number of hydrogen-bond acceptors (Lipinski definition) is 2. The van der Waals surface area contributed by atoms with Crippen LogP contribution in [0, 0.1) is 5.92 Å². The van der Waals surface area contributed by atoms with Crippen LogP contribution >= 0.6 is 11.6 Å². The van der Waals surface area contributed by atoms with Crippen LogP contribution in [0.25, 0.3) is 0 Å². The molecule has 7 heteroatoms. The highest BCUT2D eigenvalue weighted by Gasteiger charge is 2.32. The molecule has 1 aromatic heterocycles. The minimum absolute atomic E-state index is 0.0261. The van der Waals surface area contributed by atoms with Crippen molar-refractivity contribution >= 4 is 17.5 Å². The first kappa shape index (κ1) is 15.1. The maximum atomic E-state index is 12.4. The Morgan fingerprint density at radius 3 is 2.65 bits per heavy atom. The molecule has 1 aliphatic rings. The molecular weight excluding hydrogens is 293 g/mol. The summed E-state index contributed by atoms with van der Waals surface area (Å²) in [5.74, 6) is -0.196. The van der Waals surface area contributed by atoms with E-state index < -0.39 is 11.7 Å². The van der Waals surface area contributed by atoms with Crippen LogP contribution in [-0.4, -0.2) is 34.3 Å². The molecule has 1 amide bonds. The standard InChI is InChI=1S/C13H14ClF3N2O/c1-8-7-19(5-4-10(8)14)12(20)11-3-2-9(6-18-11)13(15,16)17/h2-3,6,8,10H,4-5,7H2,1H3. The van der Waals surface area contributed by atoms with Crippen molar-refractivity contribution in [3.8, 4) is 0 Å². The molecule has 1 aromatic rings. The molecule has 0 aromatic carbocycles. The Bertz CT molecular complexity index is 489. The zero-order chi connectivity index (χ0) is 14.9. The number of nitrogens with zero attached hydrogens (tertiary/aromatic N) is 2. The molecule has 20 heavy (non-hydrogen) atoms. The molecule has 1 saturated heterocycles. The molecule has 1 aliphatic heterocycles. The van der Waals surface area contributed by atoms with E-state index in [1.807, 2.05) is 6.92 Å². The van der Waals surface area contributed by atoms with E-state index in [1.54, 1.807) is 4.90 Å². The van der Waals surface area contributed by atoms with E-state index in [2.05, 4.69) is 4.98 Å². The van der Waals surface area contributed by atoms with Crippen LogP contribution in [0.15, 0.2) is 18.3 Å². The maximum Gasteiger partial charge on any atom is 0.417 e. The Labute approximate surface area is 119 Å². The largest absolute Gasteiger partial charge is 0.417 e. The van der Waals surface area contributed by atoms with E-state index >= 15 is 0 Å². The fourth-order valence-electron chi connectivity index (χ4n) is 2.15. The molecule has 2 atom stereocenters. The SMILES string of the molecule is CC1CN(C(=O)c2ccc(C(F)(F)F)cn2)CCC1Cl. The van der Waals surface area contributed by atoms with Crippen molar-refractivity contribution in [3.05, 3.63) is 29.6 Å². The number of rotatable bonds is 1. The van der Waals surface area contributed by atoms with Gasteiger partial charge in [-0.15, -0.1) is 11.6 Å². The van der Waals surface area contributed by atoms with Crippen LogP contribution in [0.4, 0.5) is 13.2 Å². The average molecular weight is 307 g/mol. The third-order valence-corrected chi connectivity index (χ3v) is 4.05. The van der Waals surface area contributed by atoms with Crippen molar-refractivity contribution in [2.75, 3.05) is 13.1 Å². The van der Waals surface area contributed by atoms with Gasteiger partial charge >= 0.3 is 6.18 Å². The lowest BCUT2D eigenvalue weighted by molar-refractivity contribution is -0.137. The number of alkyl halides is 4. The van der Waals surface area contributed by atoms with Crippen molar-refractivity contribution in [3.63, 3.8) is 0 Å². The van der Waals surface area contributed by atoms with Gasteiger partial charge in [0.1, 0.15) is 5.69 Å². The molecule has 2 unspecified atom stereocenters. The van der Waals surface area contributed by atoms with Crippen LogP contribution < -0.4 is 0 Å². The number of piperidine rings is 1. The molecule has 1 fully saturated rings. The second-order valence-corrected chi connectivity index (χ2v) is 5.52. The van der Waals surface area contributed by atoms with Gasteiger partial charge < -0.3 is 4.90 Å². The van der Waals surface area contributed by atoms with Crippen LogP contribution in [0.2, 0.25) is 0 Å². The van der Waals surface area contributed by atoms with Crippen molar-refractivity contribution < 1.29 is 18.0 Å². The number of halogens is 4. The van der Waals surface area contributed by atoms with Crippen molar-refractivity contribution in [2.24, 2.45) is 5.92 Å². The number of amides is 1. The summed E-state index contributed by atoms with van der Waals surface area (Å²) in [4.78, 5) is 17.4. The summed E-state index contributed by atoms with van der Waals surface area (Å²) in [6.45, 7) is 2.94. The lowest BCUT2D eigenvalue weighted by Gasteiger charge is -2.33. The summed E-state index contributed by atoms with van der Waals surface area (Å²) < 4.78 is 37.3. The van der Waals surface area contributed by atoms with Gasteiger partial charge in [-0.1, -0.05) is 6.92 Å². The summed E-state index contributed by atoms with van der Waals surface area (Å²) >= 11 is 6.08. The summed E-state index contributed by atoms with van der Waals surface area (Å²) in [5.41, 5.74) is -0.833. The van der Waals surface area contributed by atoms with E-state index in [4.69, 9.17) is 11.6 Å². The van der Waals surface area contributed by atoms with Gasteiger partial charge in [0.05, 0.1) is 5.56 Å². The zero-order valence-corrected chi connectivity index (χ0v) is 11.6. The van der Waals surface area contributed by atoms with E-state index in [-0.39, 0.29) is 22.9 Å². The monoisotopic (exact) mass is 306 g/mol. The Morgan fingerprint density at radius 1 is 1.45 bits per heavy atom. The van der Waals surface area contributed by atoms with Gasteiger partial charge in [-0.05, 0) is 24.5 Å². The highest BCUT2D eigenvalue weighted by Crippen LogP contribution is 2.28. The molecule has 0 bridgehead atoms. The van der Waals surface area contributed by atoms with E-state index in [0.29, 0.717) is 25.7 Å². The minimum atomic E-state index is -4.44. The summed E-state index contributed by atoms with van der Waals surface area (Å²) in [6, 6.07) is 1.99. The second-order valence-electron chi connectivity index (χ2n) is 4.96. The molecule has 0 saturated carbocycles. The molecule has 2 rings (SSSR count). The van der Waals surface area contributed by atoms with Crippen LogP contribution in [-0.2, 0) is 6.18 Å². The molecular formula is C13H14ClF3N2O. The zero-order valence-electron chi connectivity index (χ0n) is 10.8. The highest BCUT2D eigenvalue weighted by atomic mass is 35.5. The smallest absolute Gasteiger partial charge is 0.337 e. The Hall–Kier alpha value is -1.30. The predicted octanol–water partition coefficient (Wildman–Crippen LogP) is 3.19. The highest BCUT2D eigenvalue weighted by molar-refractivity contribution is 6.20. The topological polar surface area (TPSA) is 33.2 Å². The van der Waals surface area contributed by atoms with Gasteiger partial charge in [-0.25, -0.2) is 0 Å². The van der Waals surface area contributed by atoms with Gasteiger partial charge in [-0.2, -0.15) is 13.2 Å². The molecule has 0 N–H and O–H groups in total. The summed E-state index contributed by atoms with van der Waals surface area (Å²) in [6.07, 6.45) is -3.08. The van der Waals surface area contributed by atoms with E-state index in [0.717, 1.165) is 12.1 Å². The second kappa shape index (κ2) is 5.60. The number of likely N-dealkylation sites (tertiary alicyclic amines) is 1. The minimum Gasteiger partial charge on any atom is -0.337 e. The summed E-state index contributed by atoms with van der Waals surface area (Å²) in [5, 5.41) is 0.0274. The number of carbonyl (C=O) groups excluding carboxylic acids is 1. The Kier molecular flexibility index (Phi) is 4.22. The predicted molar refractivity (Wildman–Crippen MR) is 68.6 cm³/mol. The Morgan fingerprint density at radius 2 is 2.15 bits per heavy atom. The molecule has 0 radical (unpaired) electrons. The van der Waals surface area contributed by atoms with Gasteiger partial charge in [0.2, 0.25) is 0 Å². The molecule has 110 valence electrons. The van der Waals surface area contributed by atoms with E-state index in [1.165, 1.54) is 0 Å². The van der Waals surface area contributed by atoms with Crippen LogP contribution in [0.3, 0.4) is 0 Å². The molecule has 3 nitrogen and oxygen atoms in total. The first-order valence-corrected chi connectivity index (χ1v) is 6.69. The van der Waals surface area contributed by atoms with Gasteiger partial charge in [0.25, 0.3) is 5.91 Å².